The fraction of sp³-hybridized carbons (Fsp3) is 0.455. The van der Waals surface area contributed by atoms with Crippen LogP contribution in [0.4, 0.5) is 0 Å². The summed E-state index contributed by atoms with van der Waals surface area (Å²) in [6.07, 6.45) is 0.386. The van der Waals surface area contributed by atoms with E-state index in [1.54, 1.807) is 0 Å². The van der Waals surface area contributed by atoms with Gasteiger partial charge in [-0.2, -0.15) is 0 Å². The fourth-order valence-corrected chi connectivity index (χ4v) is 1.04. The van der Waals surface area contributed by atoms with Gasteiger partial charge in [0.15, 0.2) is 0 Å². The largest absolute Gasteiger partial charge is 0.488 e. The van der Waals surface area contributed by atoms with Gasteiger partial charge in [0, 0.05) is 13.1 Å². The van der Waals surface area contributed by atoms with E-state index in [4.69, 9.17) is 4.74 Å². The molecule has 0 unspecified atom stereocenters. The highest BCUT2D eigenvalue weighted by Gasteiger charge is 2.17. The van der Waals surface area contributed by atoms with E-state index in [2.05, 4.69) is 5.32 Å². The van der Waals surface area contributed by atoms with Crippen LogP contribution >= 0.6 is 0 Å². The zero-order valence-corrected chi connectivity index (χ0v) is 8.29. The van der Waals surface area contributed by atoms with E-state index < -0.39 is 0 Å². The van der Waals surface area contributed by atoms with Crippen LogP contribution in [-0.4, -0.2) is 19.2 Å². The van der Waals surface area contributed by atoms with E-state index in [-0.39, 0.29) is 0 Å². The number of para-hydroxylation sites is 1. The van der Waals surface area contributed by atoms with Crippen LogP contribution in [0.3, 0.4) is 0 Å². The lowest BCUT2D eigenvalue weighted by Gasteiger charge is -2.27. The molecule has 1 aromatic rings. The van der Waals surface area contributed by atoms with Crippen molar-refractivity contribution in [1.82, 2.24) is 5.32 Å². The van der Waals surface area contributed by atoms with Gasteiger partial charge in [-0.05, 0) is 12.1 Å². The predicted octanol–water partition coefficient (Wildman–Crippen LogP) is 2.06. The summed E-state index contributed by atoms with van der Waals surface area (Å²) in [5, 5.41) is 3.16. The van der Waals surface area contributed by atoms with E-state index in [1.807, 2.05) is 44.2 Å². The van der Waals surface area contributed by atoms with Crippen LogP contribution in [0.15, 0.2) is 30.3 Å². The number of hydrogen-bond acceptors (Lipinski definition) is 2. The standard InChI is InChI=1S/C9H11NO.C2H6/c1-2-4-8(5-3-1)11-9-6-10-7-9;1-2/h1-5,9-10H,6-7H2;1-2H3. The fourth-order valence-electron chi connectivity index (χ4n) is 1.04. The Morgan fingerprint density at radius 2 is 1.77 bits per heavy atom. The van der Waals surface area contributed by atoms with Gasteiger partial charge >= 0.3 is 0 Å². The third kappa shape index (κ3) is 3.07. The maximum Gasteiger partial charge on any atom is 0.123 e. The average Bonchev–Trinajstić information content (AvgIpc) is 2.17. The molecule has 2 rings (SSSR count). The van der Waals surface area contributed by atoms with E-state index in [1.165, 1.54) is 0 Å². The molecular weight excluding hydrogens is 162 g/mol. The van der Waals surface area contributed by atoms with Gasteiger partial charge in [-0.1, -0.05) is 32.0 Å². The van der Waals surface area contributed by atoms with Gasteiger partial charge in [0.2, 0.25) is 0 Å². The molecule has 2 heteroatoms. The minimum Gasteiger partial charge on any atom is -0.488 e. The van der Waals surface area contributed by atoms with Gasteiger partial charge in [0.05, 0.1) is 0 Å². The van der Waals surface area contributed by atoms with Gasteiger partial charge in [0.25, 0.3) is 0 Å². The molecule has 0 aliphatic carbocycles. The highest BCUT2D eigenvalue weighted by molar-refractivity contribution is 5.21. The van der Waals surface area contributed by atoms with E-state index in [0.29, 0.717) is 6.10 Å². The second-order valence-corrected chi connectivity index (χ2v) is 2.71. The van der Waals surface area contributed by atoms with Crippen molar-refractivity contribution in [2.45, 2.75) is 20.0 Å². The second kappa shape index (κ2) is 5.60. The van der Waals surface area contributed by atoms with Crippen LogP contribution in [0.5, 0.6) is 5.75 Å². The Hall–Kier alpha value is -1.02. The Morgan fingerprint density at radius 3 is 2.23 bits per heavy atom. The SMILES string of the molecule is CC.c1ccc(OC2CNC2)cc1. The molecule has 1 aromatic carbocycles. The van der Waals surface area contributed by atoms with Crippen molar-refractivity contribution in [1.29, 1.82) is 0 Å². The minimum absolute atomic E-state index is 0.386. The molecule has 0 spiro atoms. The predicted molar refractivity (Wildman–Crippen MR) is 55.1 cm³/mol. The molecule has 0 radical (unpaired) electrons. The van der Waals surface area contributed by atoms with Crippen molar-refractivity contribution in [3.05, 3.63) is 30.3 Å². The average molecular weight is 179 g/mol. The molecule has 1 N–H and O–H groups in total. The molecule has 2 nitrogen and oxygen atoms in total. The van der Waals surface area contributed by atoms with Crippen molar-refractivity contribution >= 4 is 0 Å². The quantitative estimate of drug-likeness (QED) is 0.750. The molecule has 1 aliphatic rings. The lowest BCUT2D eigenvalue weighted by Crippen LogP contribution is -2.50. The number of benzene rings is 1. The summed E-state index contributed by atoms with van der Waals surface area (Å²) < 4.78 is 5.59. The highest BCUT2D eigenvalue weighted by Crippen LogP contribution is 2.11. The maximum atomic E-state index is 5.59. The monoisotopic (exact) mass is 179 g/mol. The molecule has 1 saturated heterocycles. The van der Waals surface area contributed by atoms with Crippen LogP contribution in [0.1, 0.15) is 13.8 Å². The van der Waals surface area contributed by atoms with Crippen LogP contribution < -0.4 is 10.1 Å². The third-order valence-electron chi connectivity index (χ3n) is 1.79. The van der Waals surface area contributed by atoms with Crippen LogP contribution in [0.25, 0.3) is 0 Å². The maximum absolute atomic E-state index is 5.59. The van der Waals surface area contributed by atoms with Crippen LogP contribution in [-0.2, 0) is 0 Å². The number of ether oxygens (including phenoxy) is 1. The molecule has 0 saturated carbocycles. The molecule has 0 atom stereocenters. The Balaban J connectivity index is 0.000000396. The first-order valence-corrected chi connectivity index (χ1v) is 4.87. The first kappa shape index (κ1) is 10.1. The van der Waals surface area contributed by atoms with E-state index in [0.717, 1.165) is 18.8 Å². The molecule has 1 heterocycles. The van der Waals surface area contributed by atoms with Crippen LogP contribution in [0, 0.1) is 0 Å². The Bertz CT molecular complexity index is 219. The molecule has 72 valence electrons. The van der Waals surface area contributed by atoms with Crippen molar-refractivity contribution in [2.24, 2.45) is 0 Å². The first-order chi connectivity index (χ1) is 6.45. The minimum atomic E-state index is 0.386. The molecule has 13 heavy (non-hydrogen) atoms. The molecular formula is C11H17NO. The summed E-state index contributed by atoms with van der Waals surface area (Å²) in [6.45, 7) is 5.96. The second-order valence-electron chi connectivity index (χ2n) is 2.71. The summed E-state index contributed by atoms with van der Waals surface area (Å²) in [4.78, 5) is 0. The normalized spacial score (nSPS) is 15.2. The van der Waals surface area contributed by atoms with E-state index >= 15 is 0 Å². The topological polar surface area (TPSA) is 21.3 Å². The smallest absolute Gasteiger partial charge is 0.123 e. The highest BCUT2D eigenvalue weighted by atomic mass is 16.5. The molecule has 1 aliphatic heterocycles. The number of rotatable bonds is 2. The molecule has 0 amide bonds. The van der Waals surface area contributed by atoms with Crippen molar-refractivity contribution in [2.75, 3.05) is 13.1 Å². The van der Waals surface area contributed by atoms with Crippen molar-refractivity contribution in [3.8, 4) is 5.75 Å². The van der Waals surface area contributed by atoms with Crippen LogP contribution in [0.2, 0.25) is 0 Å². The van der Waals surface area contributed by atoms with Gasteiger partial charge < -0.3 is 10.1 Å². The number of nitrogens with one attached hydrogen (secondary N) is 1. The summed E-state index contributed by atoms with van der Waals surface area (Å²) >= 11 is 0. The first-order valence-electron chi connectivity index (χ1n) is 4.87. The zero-order chi connectivity index (χ0) is 9.52. The van der Waals surface area contributed by atoms with Gasteiger partial charge in [0.1, 0.15) is 11.9 Å². The summed E-state index contributed by atoms with van der Waals surface area (Å²) in [6, 6.07) is 9.94. The molecule has 0 aromatic heterocycles. The Morgan fingerprint density at radius 1 is 1.15 bits per heavy atom. The van der Waals surface area contributed by atoms with Gasteiger partial charge in [-0.3, -0.25) is 0 Å². The van der Waals surface area contributed by atoms with E-state index in [9.17, 15) is 0 Å². The zero-order valence-electron chi connectivity index (χ0n) is 8.29. The summed E-state index contributed by atoms with van der Waals surface area (Å²) in [5.41, 5.74) is 0. The Labute approximate surface area is 79.9 Å². The van der Waals surface area contributed by atoms with Gasteiger partial charge in [-0.25, -0.2) is 0 Å². The lowest BCUT2D eigenvalue weighted by atomic mass is 10.2. The summed E-state index contributed by atoms with van der Waals surface area (Å²) in [5.74, 6) is 0.971. The van der Waals surface area contributed by atoms with Crippen molar-refractivity contribution < 1.29 is 4.74 Å². The molecule has 0 bridgehead atoms. The molecule has 1 fully saturated rings. The lowest BCUT2D eigenvalue weighted by molar-refractivity contribution is 0.142. The van der Waals surface area contributed by atoms with Crippen molar-refractivity contribution in [3.63, 3.8) is 0 Å². The van der Waals surface area contributed by atoms with Gasteiger partial charge in [-0.15, -0.1) is 0 Å². The third-order valence-corrected chi connectivity index (χ3v) is 1.79. The Kier molecular flexibility index (Phi) is 4.33. The number of hydrogen-bond donors (Lipinski definition) is 1. The summed E-state index contributed by atoms with van der Waals surface area (Å²) in [7, 11) is 0.